The van der Waals surface area contributed by atoms with E-state index in [0.29, 0.717) is 17.4 Å². The van der Waals surface area contributed by atoms with Crippen LogP contribution >= 0.6 is 0 Å². The lowest BCUT2D eigenvalue weighted by Crippen LogP contribution is -2.47. The van der Waals surface area contributed by atoms with E-state index in [9.17, 15) is 4.79 Å². The van der Waals surface area contributed by atoms with Crippen molar-refractivity contribution in [3.8, 4) is 0 Å². The van der Waals surface area contributed by atoms with E-state index in [1.807, 2.05) is 0 Å². The van der Waals surface area contributed by atoms with Crippen LogP contribution < -0.4 is 10.6 Å². The molecule has 1 amide bonds. The van der Waals surface area contributed by atoms with E-state index in [2.05, 4.69) is 31.4 Å². The Labute approximate surface area is 117 Å². The molecule has 0 bridgehead atoms. The minimum absolute atomic E-state index is 0.175. The second kappa shape index (κ2) is 6.25. The average molecular weight is 266 g/mol. The molecular weight excluding hydrogens is 236 g/mol. The Bertz CT molecular complexity index is 304. The zero-order valence-corrected chi connectivity index (χ0v) is 12.8. The Morgan fingerprint density at radius 3 is 2.58 bits per heavy atom. The maximum atomic E-state index is 12.2. The fraction of sp³-hybridized carbons (Fsp3) is 0.938. The van der Waals surface area contributed by atoms with Gasteiger partial charge in [0.2, 0.25) is 5.91 Å². The summed E-state index contributed by atoms with van der Waals surface area (Å²) in [4.78, 5) is 12.2. The van der Waals surface area contributed by atoms with Crippen molar-refractivity contribution >= 4 is 5.91 Å². The van der Waals surface area contributed by atoms with Crippen molar-refractivity contribution < 1.29 is 4.79 Å². The van der Waals surface area contributed by atoms with E-state index in [1.165, 1.54) is 25.7 Å². The molecule has 3 nitrogen and oxygen atoms in total. The van der Waals surface area contributed by atoms with Gasteiger partial charge in [0, 0.05) is 12.6 Å². The molecule has 0 radical (unpaired) electrons. The zero-order valence-electron chi connectivity index (χ0n) is 12.8. The topological polar surface area (TPSA) is 41.1 Å². The van der Waals surface area contributed by atoms with Gasteiger partial charge >= 0.3 is 0 Å². The highest BCUT2D eigenvalue weighted by molar-refractivity contribution is 5.79. The number of piperidine rings is 1. The van der Waals surface area contributed by atoms with Gasteiger partial charge in [-0.2, -0.15) is 0 Å². The van der Waals surface area contributed by atoms with Crippen molar-refractivity contribution in [2.75, 3.05) is 13.1 Å². The smallest absolute Gasteiger partial charge is 0.224 e. The van der Waals surface area contributed by atoms with Crippen molar-refractivity contribution in [2.45, 2.75) is 65.3 Å². The first-order valence-corrected chi connectivity index (χ1v) is 7.99. The molecule has 0 aromatic carbocycles. The summed E-state index contributed by atoms with van der Waals surface area (Å²) in [6, 6.07) is 0.332. The molecule has 2 aliphatic rings. The molecule has 2 N–H and O–H groups in total. The standard InChI is InChI=1S/C16H30N2O/c1-12-14(5-4-10-17-12)15(19)18-11-13-6-8-16(2,3)9-7-13/h12-14,17H,4-11H2,1-3H3,(H,18,19). The molecule has 1 aliphatic carbocycles. The summed E-state index contributed by atoms with van der Waals surface area (Å²) in [7, 11) is 0. The number of hydrogen-bond donors (Lipinski definition) is 2. The number of rotatable bonds is 3. The van der Waals surface area contributed by atoms with Gasteiger partial charge in [-0.1, -0.05) is 13.8 Å². The van der Waals surface area contributed by atoms with Crippen molar-refractivity contribution in [3.63, 3.8) is 0 Å². The second-order valence-electron chi connectivity index (χ2n) is 7.34. The number of hydrogen-bond acceptors (Lipinski definition) is 2. The molecule has 2 atom stereocenters. The highest BCUT2D eigenvalue weighted by Gasteiger charge is 2.29. The molecule has 1 aliphatic heterocycles. The first-order chi connectivity index (χ1) is 8.98. The third-order valence-corrected chi connectivity index (χ3v) is 5.12. The third-order valence-electron chi connectivity index (χ3n) is 5.12. The molecule has 1 saturated carbocycles. The SMILES string of the molecule is CC1NCCCC1C(=O)NCC1CCC(C)(C)CC1. The maximum absolute atomic E-state index is 12.2. The molecule has 110 valence electrons. The largest absolute Gasteiger partial charge is 0.356 e. The Morgan fingerprint density at radius 1 is 1.26 bits per heavy atom. The van der Waals surface area contributed by atoms with E-state index < -0.39 is 0 Å². The molecule has 2 unspecified atom stereocenters. The van der Waals surface area contributed by atoms with Crippen molar-refractivity contribution in [1.29, 1.82) is 0 Å². The highest BCUT2D eigenvalue weighted by Crippen LogP contribution is 2.37. The molecule has 1 saturated heterocycles. The van der Waals surface area contributed by atoms with Crippen LogP contribution in [0.15, 0.2) is 0 Å². The van der Waals surface area contributed by atoms with Crippen LogP contribution in [0.1, 0.15) is 59.3 Å². The molecule has 19 heavy (non-hydrogen) atoms. The fourth-order valence-electron chi connectivity index (χ4n) is 3.44. The third kappa shape index (κ3) is 4.20. The van der Waals surface area contributed by atoms with Gasteiger partial charge in [-0.05, 0) is 63.3 Å². The normalized spacial score (nSPS) is 31.9. The molecular formula is C16H30N2O. The van der Waals surface area contributed by atoms with Gasteiger partial charge in [0.15, 0.2) is 0 Å². The first-order valence-electron chi connectivity index (χ1n) is 7.99. The number of carbonyl (C=O) groups excluding carboxylic acids is 1. The Balaban J connectivity index is 1.72. The molecule has 2 rings (SSSR count). The zero-order chi connectivity index (χ0) is 13.9. The van der Waals surface area contributed by atoms with E-state index in [-0.39, 0.29) is 11.8 Å². The fourth-order valence-corrected chi connectivity index (χ4v) is 3.44. The van der Waals surface area contributed by atoms with Crippen LogP contribution in [0.25, 0.3) is 0 Å². The molecule has 3 heteroatoms. The van der Waals surface area contributed by atoms with Crippen molar-refractivity contribution in [3.05, 3.63) is 0 Å². The quantitative estimate of drug-likeness (QED) is 0.824. The van der Waals surface area contributed by atoms with Gasteiger partial charge in [0.1, 0.15) is 0 Å². The summed E-state index contributed by atoms with van der Waals surface area (Å²) in [5, 5.41) is 6.60. The predicted molar refractivity (Wildman–Crippen MR) is 78.9 cm³/mol. The Kier molecular flexibility index (Phi) is 4.88. The van der Waals surface area contributed by atoms with Crippen LogP contribution in [-0.2, 0) is 4.79 Å². The van der Waals surface area contributed by atoms with E-state index in [0.717, 1.165) is 25.9 Å². The summed E-state index contributed by atoms with van der Waals surface area (Å²) < 4.78 is 0. The Hall–Kier alpha value is -0.570. The first kappa shape index (κ1) is 14.8. The Morgan fingerprint density at radius 2 is 1.95 bits per heavy atom. The van der Waals surface area contributed by atoms with Crippen molar-refractivity contribution in [2.24, 2.45) is 17.3 Å². The van der Waals surface area contributed by atoms with Gasteiger partial charge in [0.05, 0.1) is 5.92 Å². The van der Waals surface area contributed by atoms with Crippen LogP contribution in [0.5, 0.6) is 0 Å². The summed E-state index contributed by atoms with van der Waals surface area (Å²) >= 11 is 0. The monoisotopic (exact) mass is 266 g/mol. The summed E-state index contributed by atoms with van der Waals surface area (Å²) in [5.41, 5.74) is 0.516. The van der Waals surface area contributed by atoms with Gasteiger partial charge in [-0.15, -0.1) is 0 Å². The van der Waals surface area contributed by atoms with Crippen LogP contribution in [0.4, 0.5) is 0 Å². The van der Waals surface area contributed by atoms with Crippen LogP contribution in [0.2, 0.25) is 0 Å². The van der Waals surface area contributed by atoms with Gasteiger partial charge in [0.25, 0.3) is 0 Å². The summed E-state index contributed by atoms with van der Waals surface area (Å²) in [6.45, 7) is 8.79. The molecule has 0 spiro atoms. The lowest BCUT2D eigenvalue weighted by Gasteiger charge is -2.35. The maximum Gasteiger partial charge on any atom is 0.224 e. The number of amides is 1. The second-order valence-corrected chi connectivity index (χ2v) is 7.34. The summed E-state index contributed by atoms with van der Waals surface area (Å²) in [6.07, 6.45) is 7.30. The van der Waals surface area contributed by atoms with Crippen molar-refractivity contribution in [1.82, 2.24) is 10.6 Å². The predicted octanol–water partition coefficient (Wildman–Crippen LogP) is 2.71. The van der Waals surface area contributed by atoms with Crippen LogP contribution in [-0.4, -0.2) is 25.0 Å². The lowest BCUT2D eigenvalue weighted by molar-refractivity contribution is -0.126. The number of carbonyl (C=O) groups is 1. The lowest BCUT2D eigenvalue weighted by atomic mass is 9.73. The van der Waals surface area contributed by atoms with Crippen LogP contribution in [0, 0.1) is 17.3 Å². The molecule has 0 aromatic heterocycles. The highest BCUT2D eigenvalue weighted by atomic mass is 16.1. The minimum atomic E-state index is 0.175. The van der Waals surface area contributed by atoms with Gasteiger partial charge in [-0.3, -0.25) is 4.79 Å². The molecule has 0 aromatic rings. The average Bonchev–Trinajstić information content (AvgIpc) is 2.38. The molecule has 1 heterocycles. The van der Waals surface area contributed by atoms with Gasteiger partial charge < -0.3 is 10.6 Å². The number of nitrogens with one attached hydrogen (secondary N) is 2. The van der Waals surface area contributed by atoms with E-state index in [4.69, 9.17) is 0 Å². The van der Waals surface area contributed by atoms with Crippen LogP contribution in [0.3, 0.4) is 0 Å². The summed E-state index contributed by atoms with van der Waals surface area (Å²) in [5.74, 6) is 1.14. The van der Waals surface area contributed by atoms with E-state index >= 15 is 0 Å². The molecule has 2 fully saturated rings. The minimum Gasteiger partial charge on any atom is -0.356 e. The van der Waals surface area contributed by atoms with Gasteiger partial charge in [-0.25, -0.2) is 0 Å². The van der Waals surface area contributed by atoms with E-state index in [1.54, 1.807) is 0 Å².